The van der Waals surface area contributed by atoms with Gasteiger partial charge in [-0.05, 0) is 24.6 Å². The molecule has 0 aromatic heterocycles. The first kappa shape index (κ1) is 14.0. The molecule has 0 saturated heterocycles. The van der Waals surface area contributed by atoms with Crippen LogP contribution in [-0.2, 0) is 9.84 Å². The summed E-state index contributed by atoms with van der Waals surface area (Å²) in [6, 6.07) is 6.60. The second kappa shape index (κ2) is 6.02. The molecule has 0 saturated carbocycles. The maximum absolute atomic E-state index is 11.9. The molecule has 0 aliphatic rings. The maximum Gasteiger partial charge on any atom is 0.185 e. The Morgan fingerprint density at radius 1 is 1.47 bits per heavy atom. The van der Waals surface area contributed by atoms with Crippen LogP contribution in [-0.4, -0.2) is 26.7 Å². The van der Waals surface area contributed by atoms with Crippen LogP contribution in [0.25, 0.3) is 0 Å². The highest BCUT2D eigenvalue weighted by atomic mass is 79.9. The van der Waals surface area contributed by atoms with E-state index >= 15 is 0 Å². The molecule has 1 aromatic carbocycles. The number of nitrogens with two attached hydrogens (primary N) is 1. The molecular formula is C10H14BrN3O2S. The normalized spacial score (nSPS) is 11.1. The zero-order chi connectivity index (χ0) is 12.9. The van der Waals surface area contributed by atoms with E-state index in [2.05, 4.69) is 21.2 Å². The molecule has 0 fully saturated rings. The summed E-state index contributed by atoms with van der Waals surface area (Å²) in [5, 5.41) is 9.50. The second-order valence-corrected chi connectivity index (χ2v) is 6.50. The Bertz CT molecular complexity index is 502. The molecule has 0 radical (unpaired) electrons. The second-order valence-electron chi connectivity index (χ2n) is 3.47. The Kier molecular flexibility index (Phi) is 4.95. The third-order valence-corrected chi connectivity index (χ3v) is 4.35. The van der Waals surface area contributed by atoms with E-state index in [1.807, 2.05) is 0 Å². The van der Waals surface area contributed by atoms with Gasteiger partial charge in [-0.3, -0.25) is 5.41 Å². The van der Waals surface area contributed by atoms with Gasteiger partial charge in [0.05, 0.1) is 10.6 Å². The van der Waals surface area contributed by atoms with Crippen molar-refractivity contribution >= 4 is 31.7 Å². The van der Waals surface area contributed by atoms with Crippen molar-refractivity contribution in [2.24, 2.45) is 5.73 Å². The van der Waals surface area contributed by atoms with E-state index in [0.717, 1.165) is 4.47 Å². The lowest BCUT2D eigenvalue weighted by Crippen LogP contribution is -2.31. The molecule has 5 nitrogen and oxygen atoms in total. The number of benzene rings is 1. The van der Waals surface area contributed by atoms with Crippen LogP contribution >= 0.6 is 15.9 Å². The van der Waals surface area contributed by atoms with Gasteiger partial charge < -0.3 is 11.1 Å². The molecule has 0 spiro atoms. The van der Waals surface area contributed by atoms with Crippen LogP contribution in [0.5, 0.6) is 0 Å². The predicted octanol–water partition coefficient (Wildman–Crippen LogP) is 1.10. The minimum absolute atomic E-state index is 0.0315. The molecule has 17 heavy (non-hydrogen) atoms. The van der Waals surface area contributed by atoms with E-state index in [9.17, 15) is 8.42 Å². The van der Waals surface area contributed by atoms with Crippen LogP contribution in [0.4, 0.5) is 0 Å². The van der Waals surface area contributed by atoms with E-state index in [4.69, 9.17) is 11.1 Å². The summed E-state index contributed by atoms with van der Waals surface area (Å²) in [6.45, 7) is 0.378. The van der Waals surface area contributed by atoms with Crippen LogP contribution in [0.2, 0.25) is 0 Å². The van der Waals surface area contributed by atoms with Gasteiger partial charge in [0.1, 0.15) is 0 Å². The van der Waals surface area contributed by atoms with Crippen molar-refractivity contribution in [2.75, 3.05) is 12.3 Å². The van der Waals surface area contributed by atoms with Crippen molar-refractivity contribution in [2.45, 2.75) is 11.3 Å². The minimum Gasteiger partial charge on any atom is -0.370 e. The number of sulfone groups is 1. The third kappa shape index (κ3) is 4.74. The van der Waals surface area contributed by atoms with Crippen molar-refractivity contribution < 1.29 is 8.42 Å². The highest BCUT2D eigenvalue weighted by Crippen LogP contribution is 2.17. The standard InChI is InChI=1S/C10H14BrN3O2S/c11-8-3-1-4-9(7-8)17(15,16)6-2-5-14-10(12)13/h1,3-4,7H,2,5-6H2,(H4,12,13,14). The number of hydrogen-bond donors (Lipinski definition) is 3. The molecule has 0 aliphatic carbocycles. The van der Waals surface area contributed by atoms with Gasteiger partial charge in [-0.15, -0.1) is 0 Å². The van der Waals surface area contributed by atoms with E-state index < -0.39 is 9.84 Å². The summed E-state index contributed by atoms with van der Waals surface area (Å²) in [5.41, 5.74) is 5.09. The Balaban J connectivity index is 2.60. The van der Waals surface area contributed by atoms with E-state index in [0.29, 0.717) is 17.9 Å². The summed E-state index contributed by atoms with van der Waals surface area (Å²) in [4.78, 5) is 0.301. The van der Waals surface area contributed by atoms with Crippen LogP contribution < -0.4 is 11.1 Å². The van der Waals surface area contributed by atoms with Gasteiger partial charge in [0, 0.05) is 11.0 Å². The van der Waals surface area contributed by atoms with Gasteiger partial charge in [0.15, 0.2) is 15.8 Å². The molecule has 7 heteroatoms. The van der Waals surface area contributed by atoms with E-state index in [-0.39, 0.29) is 11.7 Å². The van der Waals surface area contributed by atoms with Crippen molar-refractivity contribution in [3.8, 4) is 0 Å². The zero-order valence-electron chi connectivity index (χ0n) is 9.11. The van der Waals surface area contributed by atoms with Gasteiger partial charge >= 0.3 is 0 Å². The fraction of sp³-hybridized carbons (Fsp3) is 0.300. The Morgan fingerprint density at radius 2 is 2.18 bits per heavy atom. The predicted molar refractivity (Wildman–Crippen MR) is 70.7 cm³/mol. The average molecular weight is 320 g/mol. The number of nitrogens with one attached hydrogen (secondary N) is 2. The number of guanidine groups is 1. The Labute approximate surface area is 109 Å². The molecule has 4 N–H and O–H groups in total. The molecular weight excluding hydrogens is 306 g/mol. The fourth-order valence-electron chi connectivity index (χ4n) is 1.26. The first-order valence-electron chi connectivity index (χ1n) is 4.98. The van der Waals surface area contributed by atoms with Crippen molar-refractivity contribution in [1.82, 2.24) is 5.32 Å². The number of hydrogen-bond acceptors (Lipinski definition) is 3. The van der Waals surface area contributed by atoms with Crippen LogP contribution in [0.3, 0.4) is 0 Å². The molecule has 0 atom stereocenters. The van der Waals surface area contributed by atoms with Gasteiger partial charge in [0.25, 0.3) is 0 Å². The molecule has 0 amide bonds. The topological polar surface area (TPSA) is 96.0 Å². The van der Waals surface area contributed by atoms with Crippen molar-refractivity contribution in [3.63, 3.8) is 0 Å². The lowest BCUT2D eigenvalue weighted by Gasteiger charge is -2.06. The summed E-state index contributed by atoms with van der Waals surface area (Å²) >= 11 is 3.23. The first-order chi connectivity index (χ1) is 7.92. The summed E-state index contributed by atoms with van der Waals surface area (Å²) in [5.74, 6) is -0.117. The third-order valence-electron chi connectivity index (χ3n) is 2.06. The molecule has 1 rings (SSSR count). The quantitative estimate of drug-likeness (QED) is 0.430. The molecule has 0 bridgehead atoms. The molecule has 94 valence electrons. The molecule has 0 heterocycles. The van der Waals surface area contributed by atoms with Crippen LogP contribution in [0.15, 0.2) is 33.6 Å². The molecule has 0 aliphatic heterocycles. The fourth-order valence-corrected chi connectivity index (χ4v) is 3.17. The highest BCUT2D eigenvalue weighted by molar-refractivity contribution is 9.10. The van der Waals surface area contributed by atoms with Gasteiger partial charge in [-0.1, -0.05) is 22.0 Å². The van der Waals surface area contributed by atoms with Gasteiger partial charge in [-0.25, -0.2) is 8.42 Å². The van der Waals surface area contributed by atoms with Crippen LogP contribution in [0.1, 0.15) is 6.42 Å². The molecule has 1 aromatic rings. The smallest absolute Gasteiger partial charge is 0.185 e. The highest BCUT2D eigenvalue weighted by Gasteiger charge is 2.13. The first-order valence-corrected chi connectivity index (χ1v) is 7.42. The summed E-state index contributed by atoms with van der Waals surface area (Å²) in [6.07, 6.45) is 0.411. The maximum atomic E-state index is 11.9. The monoisotopic (exact) mass is 319 g/mol. The lowest BCUT2D eigenvalue weighted by atomic mass is 10.4. The molecule has 0 unspecified atom stereocenters. The summed E-state index contributed by atoms with van der Waals surface area (Å²) < 4.78 is 24.5. The van der Waals surface area contributed by atoms with Crippen molar-refractivity contribution in [1.29, 1.82) is 5.41 Å². The Hall–Kier alpha value is -1.08. The average Bonchev–Trinajstić information content (AvgIpc) is 2.24. The van der Waals surface area contributed by atoms with Gasteiger partial charge in [-0.2, -0.15) is 0 Å². The van der Waals surface area contributed by atoms with Gasteiger partial charge in [0.2, 0.25) is 0 Å². The minimum atomic E-state index is -3.26. The van der Waals surface area contributed by atoms with E-state index in [1.165, 1.54) is 0 Å². The number of rotatable bonds is 5. The zero-order valence-corrected chi connectivity index (χ0v) is 11.5. The largest absolute Gasteiger partial charge is 0.370 e. The number of halogens is 1. The van der Waals surface area contributed by atoms with E-state index in [1.54, 1.807) is 24.3 Å². The van der Waals surface area contributed by atoms with Crippen molar-refractivity contribution in [3.05, 3.63) is 28.7 Å². The van der Waals surface area contributed by atoms with Crippen LogP contribution in [0, 0.1) is 5.41 Å². The summed E-state index contributed by atoms with van der Waals surface area (Å²) in [7, 11) is -3.26. The Morgan fingerprint density at radius 3 is 2.76 bits per heavy atom. The SMILES string of the molecule is N=C(N)NCCCS(=O)(=O)c1cccc(Br)c1. The lowest BCUT2D eigenvalue weighted by molar-refractivity contribution is 0.592.